The molecule has 0 saturated carbocycles. The molecule has 1 aromatic heterocycles. The summed E-state index contributed by atoms with van der Waals surface area (Å²) in [6.45, 7) is 8.02. The summed E-state index contributed by atoms with van der Waals surface area (Å²) in [5.74, 6) is 1.37. The Morgan fingerprint density at radius 3 is 2.78 bits per heavy atom. The van der Waals surface area contributed by atoms with E-state index in [0.717, 1.165) is 12.4 Å². The van der Waals surface area contributed by atoms with Gasteiger partial charge in [-0.25, -0.2) is 4.98 Å². The van der Waals surface area contributed by atoms with Gasteiger partial charge in [-0.05, 0) is 27.0 Å². The van der Waals surface area contributed by atoms with E-state index in [1.165, 1.54) is 11.8 Å². The van der Waals surface area contributed by atoms with Crippen molar-refractivity contribution < 1.29 is 9.47 Å². The number of nitrogens with zero attached hydrogens (tertiary/aromatic N) is 2. The summed E-state index contributed by atoms with van der Waals surface area (Å²) < 4.78 is 11.0. The van der Waals surface area contributed by atoms with E-state index in [4.69, 9.17) is 9.47 Å². The quantitative estimate of drug-likeness (QED) is 0.579. The van der Waals surface area contributed by atoms with E-state index in [1.807, 2.05) is 33.1 Å². The van der Waals surface area contributed by atoms with Gasteiger partial charge in [-0.1, -0.05) is 11.8 Å². The van der Waals surface area contributed by atoms with Crippen molar-refractivity contribution in [2.75, 3.05) is 31.3 Å². The fourth-order valence-corrected chi connectivity index (χ4v) is 1.72. The lowest BCUT2D eigenvalue weighted by atomic mass is 10.4. The first-order chi connectivity index (χ1) is 8.69. The molecule has 1 heterocycles. The molecule has 6 heteroatoms. The number of anilines is 1. The molecule has 0 aliphatic heterocycles. The van der Waals surface area contributed by atoms with E-state index in [1.54, 1.807) is 0 Å². The predicted octanol–water partition coefficient (Wildman–Crippen LogP) is 2.43. The predicted molar refractivity (Wildman–Crippen MR) is 74.6 cm³/mol. The lowest BCUT2D eigenvalue weighted by Gasteiger charge is -2.14. The molecule has 102 valence electrons. The topological polar surface area (TPSA) is 56.3 Å². The normalized spacial score (nSPS) is 12.2. The number of rotatable bonds is 8. The highest BCUT2D eigenvalue weighted by Gasteiger charge is 2.08. The second-order valence-corrected chi connectivity index (χ2v) is 4.47. The zero-order valence-electron chi connectivity index (χ0n) is 11.4. The summed E-state index contributed by atoms with van der Waals surface area (Å²) >= 11 is 1.49. The molecule has 0 bridgehead atoms. The van der Waals surface area contributed by atoms with Gasteiger partial charge < -0.3 is 14.8 Å². The van der Waals surface area contributed by atoms with E-state index in [9.17, 15) is 0 Å². The molecular weight excluding hydrogens is 250 g/mol. The largest absolute Gasteiger partial charge is 0.472 e. The molecule has 5 nitrogen and oxygen atoms in total. The zero-order chi connectivity index (χ0) is 13.4. The fraction of sp³-hybridized carbons (Fsp3) is 0.667. The van der Waals surface area contributed by atoms with Crippen molar-refractivity contribution in [1.82, 2.24) is 9.97 Å². The average molecular weight is 271 g/mol. The molecule has 0 aliphatic carbocycles. The van der Waals surface area contributed by atoms with E-state index in [2.05, 4.69) is 15.3 Å². The van der Waals surface area contributed by atoms with Crippen molar-refractivity contribution in [1.29, 1.82) is 0 Å². The van der Waals surface area contributed by atoms with Crippen LogP contribution < -0.4 is 10.1 Å². The van der Waals surface area contributed by atoms with Crippen LogP contribution in [0.5, 0.6) is 5.88 Å². The van der Waals surface area contributed by atoms with Crippen LogP contribution in [-0.2, 0) is 4.74 Å². The summed E-state index contributed by atoms with van der Waals surface area (Å²) in [5.41, 5.74) is 0. The van der Waals surface area contributed by atoms with Gasteiger partial charge in [0, 0.05) is 19.2 Å². The molecule has 1 rings (SSSR count). The molecule has 0 aliphatic rings. The molecule has 1 N–H and O–H groups in total. The van der Waals surface area contributed by atoms with Gasteiger partial charge in [0.25, 0.3) is 0 Å². The highest BCUT2D eigenvalue weighted by Crippen LogP contribution is 2.19. The van der Waals surface area contributed by atoms with Gasteiger partial charge in [-0.15, -0.1) is 0 Å². The minimum atomic E-state index is -0.0240. The first-order valence-corrected chi connectivity index (χ1v) is 7.33. The molecule has 0 saturated heterocycles. The van der Waals surface area contributed by atoms with Crippen LogP contribution in [0.4, 0.5) is 5.82 Å². The second kappa shape index (κ2) is 8.16. The van der Waals surface area contributed by atoms with Gasteiger partial charge in [0.2, 0.25) is 5.88 Å². The van der Waals surface area contributed by atoms with Crippen LogP contribution in [0.3, 0.4) is 0 Å². The third-order valence-corrected chi connectivity index (χ3v) is 2.65. The highest BCUT2D eigenvalue weighted by molar-refractivity contribution is 7.98. The lowest BCUT2D eigenvalue weighted by Crippen LogP contribution is -2.20. The monoisotopic (exact) mass is 271 g/mol. The van der Waals surface area contributed by atoms with Crippen LogP contribution in [-0.4, -0.2) is 42.1 Å². The van der Waals surface area contributed by atoms with Gasteiger partial charge >= 0.3 is 0 Å². The minimum Gasteiger partial charge on any atom is -0.472 e. The van der Waals surface area contributed by atoms with Crippen LogP contribution in [0.25, 0.3) is 0 Å². The zero-order valence-corrected chi connectivity index (χ0v) is 12.2. The Labute approximate surface area is 113 Å². The third kappa shape index (κ3) is 5.10. The highest BCUT2D eigenvalue weighted by atomic mass is 32.2. The average Bonchev–Trinajstić information content (AvgIpc) is 2.36. The van der Waals surface area contributed by atoms with Crippen LogP contribution in [0.15, 0.2) is 11.2 Å². The van der Waals surface area contributed by atoms with Gasteiger partial charge in [-0.2, -0.15) is 4.98 Å². The number of nitrogens with one attached hydrogen (secondary N) is 1. The number of hydrogen-bond acceptors (Lipinski definition) is 6. The number of thioether (sulfide) groups is 1. The first-order valence-electron chi connectivity index (χ1n) is 6.10. The fourth-order valence-electron chi connectivity index (χ4n) is 1.35. The Kier molecular flexibility index (Phi) is 6.82. The van der Waals surface area contributed by atoms with E-state index in [0.29, 0.717) is 24.3 Å². The van der Waals surface area contributed by atoms with Gasteiger partial charge in [-0.3, -0.25) is 0 Å². The maximum Gasteiger partial charge on any atom is 0.219 e. The Morgan fingerprint density at radius 1 is 1.39 bits per heavy atom. The van der Waals surface area contributed by atoms with Gasteiger partial charge in [0.05, 0.1) is 6.61 Å². The Balaban J connectivity index is 2.71. The van der Waals surface area contributed by atoms with Crippen molar-refractivity contribution in [3.05, 3.63) is 6.07 Å². The molecule has 1 atom stereocenters. The third-order valence-electron chi connectivity index (χ3n) is 2.10. The smallest absolute Gasteiger partial charge is 0.219 e. The number of ether oxygens (including phenoxy) is 2. The number of hydrogen-bond donors (Lipinski definition) is 1. The summed E-state index contributed by atoms with van der Waals surface area (Å²) in [5, 5.41) is 3.86. The van der Waals surface area contributed by atoms with Crippen LogP contribution >= 0.6 is 11.8 Å². The summed E-state index contributed by atoms with van der Waals surface area (Å²) in [6.07, 6.45) is 1.92. The molecule has 0 fully saturated rings. The Hall–Kier alpha value is -1.01. The van der Waals surface area contributed by atoms with Crippen molar-refractivity contribution in [3.8, 4) is 5.88 Å². The summed E-state index contributed by atoms with van der Waals surface area (Å²) in [6, 6.07) is 1.81. The van der Waals surface area contributed by atoms with E-state index >= 15 is 0 Å². The summed E-state index contributed by atoms with van der Waals surface area (Å²) in [4.78, 5) is 8.66. The minimum absolute atomic E-state index is 0.0240. The van der Waals surface area contributed by atoms with Crippen molar-refractivity contribution in [3.63, 3.8) is 0 Å². The van der Waals surface area contributed by atoms with Gasteiger partial charge in [0.1, 0.15) is 11.9 Å². The molecule has 0 amide bonds. The molecular formula is C12H21N3O2S. The van der Waals surface area contributed by atoms with Crippen molar-refractivity contribution >= 4 is 17.6 Å². The van der Waals surface area contributed by atoms with E-state index in [-0.39, 0.29) is 6.10 Å². The standard InChI is InChI=1S/C12H21N3O2S/c1-5-13-10-7-11(15-12(14-10)18-4)17-9(3)8-16-6-2/h7,9H,5-6,8H2,1-4H3,(H,13,14,15). The lowest BCUT2D eigenvalue weighted by molar-refractivity contribution is 0.0629. The van der Waals surface area contributed by atoms with Crippen LogP contribution in [0.1, 0.15) is 20.8 Å². The maximum absolute atomic E-state index is 5.72. The van der Waals surface area contributed by atoms with Gasteiger partial charge in [0.15, 0.2) is 5.16 Å². The summed E-state index contributed by atoms with van der Waals surface area (Å²) in [7, 11) is 0. The molecule has 0 radical (unpaired) electrons. The molecule has 0 aromatic carbocycles. The number of aromatic nitrogens is 2. The first kappa shape index (κ1) is 15.0. The SMILES string of the molecule is CCNc1cc(OC(C)COCC)nc(SC)n1. The van der Waals surface area contributed by atoms with Crippen molar-refractivity contribution in [2.45, 2.75) is 32.0 Å². The molecule has 1 aromatic rings. The van der Waals surface area contributed by atoms with E-state index < -0.39 is 0 Å². The molecule has 18 heavy (non-hydrogen) atoms. The Bertz CT molecular complexity index is 363. The molecule has 0 spiro atoms. The molecule has 1 unspecified atom stereocenters. The second-order valence-electron chi connectivity index (χ2n) is 3.70. The van der Waals surface area contributed by atoms with Crippen LogP contribution in [0.2, 0.25) is 0 Å². The van der Waals surface area contributed by atoms with Crippen LogP contribution in [0, 0.1) is 0 Å². The van der Waals surface area contributed by atoms with Crippen molar-refractivity contribution in [2.24, 2.45) is 0 Å². The maximum atomic E-state index is 5.72. The Morgan fingerprint density at radius 2 is 2.17 bits per heavy atom.